The average molecular weight is 210 g/mol. The molecular formula is C11H14O4. The van der Waals surface area contributed by atoms with Crippen molar-refractivity contribution in [3.8, 4) is 0 Å². The second-order valence-electron chi connectivity index (χ2n) is 3.74. The van der Waals surface area contributed by atoms with Gasteiger partial charge < -0.3 is 10.2 Å². The molecule has 1 atom stereocenters. The average Bonchev–Trinajstić information content (AvgIpc) is 2.18. The minimum Gasteiger partial charge on any atom is -0.481 e. The van der Waals surface area contributed by atoms with Gasteiger partial charge in [-0.15, -0.1) is 0 Å². The Balaban J connectivity index is 2.96. The maximum absolute atomic E-state index is 11.2. The summed E-state index contributed by atoms with van der Waals surface area (Å²) in [4.78, 5) is 21.9. The number of aliphatic carboxylic acids is 2. The fraction of sp³-hybridized carbons (Fsp3) is 0.455. The molecule has 1 rings (SSSR count). The lowest BCUT2D eigenvalue weighted by atomic mass is 9.75. The summed E-state index contributed by atoms with van der Waals surface area (Å²) in [6.07, 6.45) is 5.82. The summed E-state index contributed by atoms with van der Waals surface area (Å²) in [6, 6.07) is 0. The van der Waals surface area contributed by atoms with Crippen LogP contribution in [0.1, 0.15) is 26.2 Å². The van der Waals surface area contributed by atoms with Gasteiger partial charge in [0, 0.05) is 5.57 Å². The summed E-state index contributed by atoms with van der Waals surface area (Å²) in [5.41, 5.74) is -0.870. The molecule has 0 aromatic heterocycles. The molecule has 0 saturated heterocycles. The molecule has 1 aliphatic carbocycles. The summed E-state index contributed by atoms with van der Waals surface area (Å²) in [5, 5.41) is 18.0. The molecule has 0 aromatic rings. The van der Waals surface area contributed by atoms with E-state index in [4.69, 9.17) is 10.2 Å². The van der Waals surface area contributed by atoms with Gasteiger partial charge >= 0.3 is 11.9 Å². The van der Waals surface area contributed by atoms with Crippen LogP contribution in [0.15, 0.2) is 23.8 Å². The third kappa shape index (κ3) is 2.26. The van der Waals surface area contributed by atoms with Crippen molar-refractivity contribution < 1.29 is 19.8 Å². The molecule has 4 nitrogen and oxygen atoms in total. The Kier molecular flexibility index (Phi) is 3.29. The Morgan fingerprint density at radius 2 is 2.13 bits per heavy atom. The molecule has 0 aliphatic heterocycles. The van der Waals surface area contributed by atoms with E-state index in [-0.39, 0.29) is 12.0 Å². The van der Waals surface area contributed by atoms with Crippen molar-refractivity contribution in [2.75, 3.05) is 0 Å². The number of allylic oxidation sites excluding steroid dienone is 2. The monoisotopic (exact) mass is 210 g/mol. The van der Waals surface area contributed by atoms with Crippen molar-refractivity contribution in [3.63, 3.8) is 0 Å². The van der Waals surface area contributed by atoms with Gasteiger partial charge in [-0.25, -0.2) is 4.79 Å². The van der Waals surface area contributed by atoms with Gasteiger partial charge in [0.2, 0.25) is 0 Å². The van der Waals surface area contributed by atoms with Gasteiger partial charge in [-0.1, -0.05) is 31.6 Å². The summed E-state index contributed by atoms with van der Waals surface area (Å²) in [7, 11) is 0. The minimum absolute atomic E-state index is 0.0714. The first-order chi connectivity index (χ1) is 7.02. The van der Waals surface area contributed by atoms with Crippen molar-refractivity contribution in [3.05, 3.63) is 23.8 Å². The minimum atomic E-state index is -1.04. The van der Waals surface area contributed by atoms with Crippen LogP contribution in [0.25, 0.3) is 0 Å². The standard InChI is InChI=1S/C11H14O4/c1-2-5-11(10(14)15)6-3-4-8(7-11)9(12)13/h3-4,6H,2,5,7H2,1H3,(H,12,13)(H,14,15). The maximum atomic E-state index is 11.2. The summed E-state index contributed by atoms with van der Waals surface area (Å²) in [5.74, 6) is -1.99. The number of carboxylic acid groups (broad SMARTS) is 2. The highest BCUT2D eigenvalue weighted by Crippen LogP contribution is 2.36. The molecule has 0 heterocycles. The Hall–Kier alpha value is -1.58. The van der Waals surface area contributed by atoms with Crippen LogP contribution in [-0.2, 0) is 9.59 Å². The normalized spacial score (nSPS) is 24.7. The molecule has 4 heteroatoms. The van der Waals surface area contributed by atoms with Crippen LogP contribution in [0.5, 0.6) is 0 Å². The van der Waals surface area contributed by atoms with Crippen LogP contribution in [-0.4, -0.2) is 22.2 Å². The predicted molar refractivity (Wildman–Crippen MR) is 54.5 cm³/mol. The van der Waals surface area contributed by atoms with Gasteiger partial charge in [0.05, 0.1) is 5.41 Å². The molecule has 0 fully saturated rings. The molecule has 0 aromatic carbocycles. The largest absolute Gasteiger partial charge is 0.481 e. The molecule has 1 unspecified atom stereocenters. The lowest BCUT2D eigenvalue weighted by Crippen LogP contribution is -2.31. The van der Waals surface area contributed by atoms with Crippen molar-refractivity contribution in [2.45, 2.75) is 26.2 Å². The SMILES string of the molecule is CCCC1(C(=O)O)C=CC=C(C(=O)O)C1. The van der Waals surface area contributed by atoms with E-state index in [1.807, 2.05) is 6.92 Å². The zero-order valence-corrected chi connectivity index (χ0v) is 8.56. The van der Waals surface area contributed by atoms with Crippen LogP contribution < -0.4 is 0 Å². The van der Waals surface area contributed by atoms with E-state index in [0.717, 1.165) is 0 Å². The second kappa shape index (κ2) is 4.29. The van der Waals surface area contributed by atoms with E-state index < -0.39 is 17.4 Å². The predicted octanol–water partition coefficient (Wildman–Crippen LogP) is 1.83. The van der Waals surface area contributed by atoms with E-state index in [1.165, 1.54) is 12.2 Å². The van der Waals surface area contributed by atoms with Gasteiger partial charge in [0.15, 0.2) is 0 Å². The Morgan fingerprint density at radius 1 is 1.47 bits per heavy atom. The highest BCUT2D eigenvalue weighted by atomic mass is 16.4. The van der Waals surface area contributed by atoms with E-state index >= 15 is 0 Å². The lowest BCUT2D eigenvalue weighted by Gasteiger charge is -2.27. The summed E-state index contributed by atoms with van der Waals surface area (Å²) < 4.78 is 0. The number of carbonyl (C=O) groups is 2. The summed E-state index contributed by atoms with van der Waals surface area (Å²) >= 11 is 0. The van der Waals surface area contributed by atoms with E-state index in [1.54, 1.807) is 6.08 Å². The van der Waals surface area contributed by atoms with E-state index in [0.29, 0.717) is 12.8 Å². The molecule has 0 amide bonds. The van der Waals surface area contributed by atoms with E-state index in [2.05, 4.69) is 0 Å². The van der Waals surface area contributed by atoms with Gasteiger partial charge in [-0.2, -0.15) is 0 Å². The molecule has 82 valence electrons. The third-order valence-corrected chi connectivity index (χ3v) is 2.62. The molecule has 15 heavy (non-hydrogen) atoms. The Bertz CT molecular complexity index is 340. The fourth-order valence-corrected chi connectivity index (χ4v) is 1.82. The third-order valence-electron chi connectivity index (χ3n) is 2.62. The molecular weight excluding hydrogens is 196 g/mol. The van der Waals surface area contributed by atoms with Crippen molar-refractivity contribution >= 4 is 11.9 Å². The first-order valence-electron chi connectivity index (χ1n) is 4.87. The quantitative estimate of drug-likeness (QED) is 0.742. The van der Waals surface area contributed by atoms with Crippen molar-refractivity contribution in [1.29, 1.82) is 0 Å². The first kappa shape index (κ1) is 11.5. The maximum Gasteiger partial charge on any atom is 0.331 e. The number of carboxylic acids is 2. The first-order valence-corrected chi connectivity index (χ1v) is 4.87. The molecule has 0 radical (unpaired) electrons. The van der Waals surface area contributed by atoms with Crippen molar-refractivity contribution in [2.24, 2.45) is 5.41 Å². The smallest absolute Gasteiger partial charge is 0.331 e. The molecule has 0 spiro atoms. The number of rotatable bonds is 4. The van der Waals surface area contributed by atoms with Crippen LogP contribution in [0, 0.1) is 5.41 Å². The zero-order valence-electron chi connectivity index (χ0n) is 8.56. The molecule has 0 saturated carbocycles. The van der Waals surface area contributed by atoms with Gasteiger partial charge in [-0.05, 0) is 12.8 Å². The highest BCUT2D eigenvalue weighted by Gasteiger charge is 2.38. The van der Waals surface area contributed by atoms with Crippen LogP contribution in [0.4, 0.5) is 0 Å². The topological polar surface area (TPSA) is 74.6 Å². The summed E-state index contributed by atoms with van der Waals surface area (Å²) in [6.45, 7) is 1.89. The van der Waals surface area contributed by atoms with E-state index in [9.17, 15) is 9.59 Å². The lowest BCUT2D eigenvalue weighted by molar-refractivity contribution is -0.146. The fourth-order valence-electron chi connectivity index (χ4n) is 1.82. The second-order valence-corrected chi connectivity index (χ2v) is 3.74. The molecule has 1 aliphatic rings. The highest BCUT2D eigenvalue weighted by molar-refractivity contribution is 5.90. The van der Waals surface area contributed by atoms with Gasteiger partial charge in [0.25, 0.3) is 0 Å². The van der Waals surface area contributed by atoms with Crippen LogP contribution >= 0.6 is 0 Å². The zero-order chi connectivity index (χ0) is 11.5. The van der Waals surface area contributed by atoms with Crippen LogP contribution in [0.3, 0.4) is 0 Å². The molecule has 0 bridgehead atoms. The van der Waals surface area contributed by atoms with Gasteiger partial charge in [0.1, 0.15) is 0 Å². The Labute approximate surface area is 87.9 Å². The number of hydrogen-bond donors (Lipinski definition) is 2. The van der Waals surface area contributed by atoms with Gasteiger partial charge in [-0.3, -0.25) is 4.79 Å². The Morgan fingerprint density at radius 3 is 2.60 bits per heavy atom. The number of hydrogen-bond acceptors (Lipinski definition) is 2. The van der Waals surface area contributed by atoms with Crippen LogP contribution in [0.2, 0.25) is 0 Å². The molecule has 2 N–H and O–H groups in total. The van der Waals surface area contributed by atoms with Crippen molar-refractivity contribution in [1.82, 2.24) is 0 Å².